The van der Waals surface area contributed by atoms with E-state index in [1.165, 1.54) is 6.07 Å². The Hall–Kier alpha value is -2.45. The van der Waals surface area contributed by atoms with Crippen LogP contribution >= 0.6 is 0 Å². The van der Waals surface area contributed by atoms with E-state index in [1.807, 2.05) is 0 Å². The summed E-state index contributed by atoms with van der Waals surface area (Å²) in [4.78, 5) is -0.820. The van der Waals surface area contributed by atoms with Gasteiger partial charge in [-0.05, 0) is 24.6 Å². The van der Waals surface area contributed by atoms with Crippen LogP contribution in [-0.2, 0) is 16.3 Å². The van der Waals surface area contributed by atoms with E-state index in [0.29, 0.717) is 0 Å². The summed E-state index contributed by atoms with van der Waals surface area (Å²) in [6, 6.07) is 2.96. The van der Waals surface area contributed by atoms with Crippen LogP contribution in [0, 0.1) is 11.3 Å². The van der Waals surface area contributed by atoms with E-state index in [2.05, 4.69) is 0 Å². The Labute approximate surface area is 156 Å². The molecule has 0 saturated heterocycles. The van der Waals surface area contributed by atoms with Crippen molar-refractivity contribution in [1.29, 1.82) is 5.26 Å². The van der Waals surface area contributed by atoms with Crippen LogP contribution in [0.15, 0.2) is 29.3 Å². The van der Waals surface area contributed by atoms with E-state index in [4.69, 9.17) is 5.26 Å². The topological polar surface area (TPSA) is 83.1 Å². The van der Waals surface area contributed by atoms with Gasteiger partial charge in [0.15, 0.2) is 6.01 Å². The lowest BCUT2D eigenvalue weighted by atomic mass is 9.91. The predicted octanol–water partition coefficient (Wildman–Crippen LogP) is 3.60. The van der Waals surface area contributed by atoms with E-state index in [1.54, 1.807) is 6.07 Å². The smallest absolute Gasteiger partial charge is 0.278 e. The molecule has 0 radical (unpaired) electrons. The van der Waals surface area contributed by atoms with Crippen LogP contribution in [0.3, 0.4) is 0 Å². The highest BCUT2D eigenvalue weighted by atomic mass is 32.2. The minimum Gasteiger partial charge on any atom is -0.382 e. The van der Waals surface area contributed by atoms with Crippen LogP contribution in [0.25, 0.3) is 5.69 Å². The van der Waals surface area contributed by atoms with E-state index < -0.39 is 56.7 Å². The standard InChI is InChI=1S/C17H13F5N2O3S/c18-8-28(26,27)13-7-24(12-3-4-17(21,22)15(25)14(12)13)10-2-1-9(6-23)11(5-10)16(19)20/h1-2,5,7,15-16,25H,3-4,8H2/t15-/m0/s1. The molecule has 0 aliphatic heterocycles. The number of halogens is 5. The Balaban J connectivity index is 2.29. The molecule has 0 unspecified atom stereocenters. The number of alkyl halides is 5. The molecule has 0 saturated carbocycles. The number of hydrogen-bond donors (Lipinski definition) is 1. The highest BCUT2D eigenvalue weighted by Gasteiger charge is 2.47. The third-order valence-electron chi connectivity index (χ3n) is 4.63. The van der Waals surface area contributed by atoms with Crippen molar-refractivity contribution >= 4 is 9.84 Å². The summed E-state index contributed by atoms with van der Waals surface area (Å²) in [6.45, 7) is 0. The summed E-state index contributed by atoms with van der Waals surface area (Å²) < 4.78 is 92.5. The van der Waals surface area contributed by atoms with Gasteiger partial charge in [-0.1, -0.05) is 0 Å². The average molecular weight is 420 g/mol. The van der Waals surface area contributed by atoms with Gasteiger partial charge in [0, 0.05) is 35.1 Å². The van der Waals surface area contributed by atoms with Gasteiger partial charge in [0.25, 0.3) is 12.3 Å². The molecule has 5 nitrogen and oxygen atoms in total. The fraction of sp³-hybridized carbons (Fsp3) is 0.353. The normalized spacial score (nSPS) is 18.7. The van der Waals surface area contributed by atoms with Crippen LogP contribution in [-0.4, -0.2) is 30.0 Å². The molecule has 0 bridgehead atoms. The number of nitrogens with zero attached hydrogens (tertiary/aromatic N) is 2. The molecule has 1 aliphatic carbocycles. The lowest BCUT2D eigenvalue weighted by Crippen LogP contribution is -2.33. The van der Waals surface area contributed by atoms with Crippen molar-refractivity contribution in [2.24, 2.45) is 0 Å². The van der Waals surface area contributed by atoms with Gasteiger partial charge in [-0.2, -0.15) is 5.26 Å². The molecule has 0 amide bonds. The Morgan fingerprint density at radius 2 is 2.04 bits per heavy atom. The van der Waals surface area contributed by atoms with Gasteiger partial charge in [0.1, 0.15) is 6.10 Å². The zero-order chi connectivity index (χ0) is 20.9. The van der Waals surface area contributed by atoms with Gasteiger partial charge in [-0.3, -0.25) is 0 Å². The highest BCUT2D eigenvalue weighted by molar-refractivity contribution is 7.91. The maximum atomic E-state index is 13.9. The Morgan fingerprint density at radius 3 is 2.61 bits per heavy atom. The van der Waals surface area contributed by atoms with Gasteiger partial charge in [0.2, 0.25) is 9.84 Å². The van der Waals surface area contributed by atoms with E-state index >= 15 is 0 Å². The second-order valence-electron chi connectivity index (χ2n) is 6.30. The van der Waals surface area contributed by atoms with Gasteiger partial charge in [-0.25, -0.2) is 30.4 Å². The third kappa shape index (κ3) is 3.16. The number of nitriles is 1. The maximum absolute atomic E-state index is 13.9. The van der Waals surface area contributed by atoms with Crippen LogP contribution in [0.4, 0.5) is 22.0 Å². The first-order valence-corrected chi connectivity index (χ1v) is 9.60. The average Bonchev–Trinajstić information content (AvgIpc) is 3.05. The van der Waals surface area contributed by atoms with Crippen LogP contribution in [0.5, 0.6) is 0 Å². The van der Waals surface area contributed by atoms with E-state index in [0.717, 1.165) is 22.9 Å². The SMILES string of the molecule is N#Cc1ccc(-n2cc(S(=O)(=O)CF)c3c2CCC(F)(F)[C@H]3O)cc1C(F)F. The van der Waals surface area contributed by atoms with Gasteiger partial charge < -0.3 is 9.67 Å². The number of benzene rings is 1. The van der Waals surface area contributed by atoms with Crippen molar-refractivity contribution in [3.05, 3.63) is 46.8 Å². The lowest BCUT2D eigenvalue weighted by Gasteiger charge is -2.29. The lowest BCUT2D eigenvalue weighted by molar-refractivity contribution is -0.123. The second kappa shape index (κ2) is 6.86. The molecule has 2 aromatic rings. The number of aliphatic hydroxyl groups is 1. The summed E-state index contributed by atoms with van der Waals surface area (Å²) in [5, 5.41) is 18.9. The molecular weight excluding hydrogens is 407 g/mol. The first-order chi connectivity index (χ1) is 13.0. The number of rotatable bonds is 4. The molecule has 1 aromatic carbocycles. The minimum absolute atomic E-state index is 0.0247. The number of aliphatic hydroxyl groups excluding tert-OH is 1. The van der Waals surface area contributed by atoms with Crippen LogP contribution in [0.1, 0.15) is 41.3 Å². The van der Waals surface area contributed by atoms with E-state index in [-0.39, 0.29) is 23.4 Å². The number of sulfone groups is 1. The Morgan fingerprint density at radius 1 is 1.36 bits per heavy atom. The van der Waals surface area contributed by atoms with Crippen molar-refractivity contribution in [2.45, 2.75) is 36.2 Å². The molecule has 0 fully saturated rings. The number of hydrogen-bond acceptors (Lipinski definition) is 4. The fourth-order valence-electron chi connectivity index (χ4n) is 3.24. The van der Waals surface area contributed by atoms with Crippen molar-refractivity contribution in [2.75, 3.05) is 6.01 Å². The molecule has 28 heavy (non-hydrogen) atoms. The minimum atomic E-state index is -4.63. The van der Waals surface area contributed by atoms with Crippen molar-refractivity contribution in [3.63, 3.8) is 0 Å². The summed E-state index contributed by atoms with van der Waals surface area (Å²) in [6.07, 6.45) is -5.84. The summed E-state index contributed by atoms with van der Waals surface area (Å²) in [5.41, 5.74) is -1.64. The predicted molar refractivity (Wildman–Crippen MR) is 86.8 cm³/mol. The van der Waals surface area contributed by atoms with Crippen LogP contribution < -0.4 is 0 Å². The third-order valence-corrected chi connectivity index (χ3v) is 5.91. The molecule has 11 heteroatoms. The summed E-state index contributed by atoms with van der Waals surface area (Å²) in [7, 11) is -4.63. The molecule has 1 N–H and O–H groups in total. The molecule has 150 valence electrons. The number of fused-ring (bicyclic) bond motifs is 1. The van der Waals surface area contributed by atoms with E-state index in [9.17, 15) is 35.5 Å². The zero-order valence-electron chi connectivity index (χ0n) is 14.0. The molecule has 1 heterocycles. The zero-order valence-corrected chi connectivity index (χ0v) is 14.9. The largest absolute Gasteiger partial charge is 0.382 e. The summed E-state index contributed by atoms with van der Waals surface area (Å²) in [5.74, 6) is -3.63. The van der Waals surface area contributed by atoms with Gasteiger partial charge in [-0.15, -0.1) is 0 Å². The molecule has 1 aliphatic rings. The second-order valence-corrected chi connectivity index (χ2v) is 8.18. The molecule has 3 rings (SSSR count). The molecule has 0 spiro atoms. The van der Waals surface area contributed by atoms with Crippen LogP contribution in [0.2, 0.25) is 0 Å². The number of aromatic nitrogens is 1. The van der Waals surface area contributed by atoms with Crippen molar-refractivity contribution < 1.29 is 35.5 Å². The quantitative estimate of drug-likeness (QED) is 0.767. The summed E-state index contributed by atoms with van der Waals surface area (Å²) >= 11 is 0. The van der Waals surface area contributed by atoms with Gasteiger partial charge in [0.05, 0.1) is 16.5 Å². The molecule has 1 aromatic heterocycles. The van der Waals surface area contributed by atoms with Crippen molar-refractivity contribution in [3.8, 4) is 11.8 Å². The Kier molecular flexibility index (Phi) is 4.97. The first kappa shape index (κ1) is 20.3. The fourth-order valence-corrected chi connectivity index (χ4v) is 4.18. The molecular formula is C17H13F5N2O3S. The maximum Gasteiger partial charge on any atom is 0.278 e. The monoisotopic (exact) mass is 420 g/mol. The van der Waals surface area contributed by atoms with Crippen molar-refractivity contribution in [1.82, 2.24) is 4.57 Å². The first-order valence-electron chi connectivity index (χ1n) is 7.94. The Bertz CT molecular complexity index is 1070. The highest BCUT2D eigenvalue weighted by Crippen LogP contribution is 2.46. The molecule has 1 atom stereocenters. The van der Waals surface area contributed by atoms with Gasteiger partial charge >= 0.3 is 0 Å².